The third kappa shape index (κ3) is 1.75. The summed E-state index contributed by atoms with van der Waals surface area (Å²) < 4.78 is 19.0. The van der Waals surface area contributed by atoms with Crippen LogP contribution in [0, 0.1) is 5.82 Å². The highest BCUT2D eigenvalue weighted by Crippen LogP contribution is 2.29. The van der Waals surface area contributed by atoms with Crippen LogP contribution in [0.3, 0.4) is 0 Å². The summed E-state index contributed by atoms with van der Waals surface area (Å²) in [6.07, 6.45) is 0.829. The minimum absolute atomic E-state index is 0.0570. The molecule has 2 aliphatic heterocycles. The van der Waals surface area contributed by atoms with Crippen molar-refractivity contribution in [2.75, 3.05) is 13.7 Å². The van der Waals surface area contributed by atoms with Crippen molar-refractivity contribution in [3.8, 4) is 5.75 Å². The zero-order valence-electron chi connectivity index (χ0n) is 10.1. The number of hydrogen-bond acceptors (Lipinski definition) is 3. The molecule has 0 aliphatic carbocycles. The van der Waals surface area contributed by atoms with Crippen LogP contribution in [0.25, 0.3) is 0 Å². The maximum Gasteiger partial charge on any atom is 0.237 e. The van der Waals surface area contributed by atoms with Gasteiger partial charge in [-0.3, -0.25) is 9.69 Å². The molecule has 4 nitrogen and oxygen atoms in total. The van der Waals surface area contributed by atoms with Crippen LogP contribution in [0.2, 0.25) is 0 Å². The minimum Gasteiger partial charge on any atom is -0.496 e. The van der Waals surface area contributed by atoms with Gasteiger partial charge in [0.25, 0.3) is 0 Å². The standard InChI is InChI=1S/C13H15FN2O2/c1-18-12-4-2-3-10(14)9(12)7-16-6-8-5-11(16)13(17)15-8/h2-4,8,11H,5-7H2,1H3,(H,15,17)/t8-,11-/m0/s1. The highest BCUT2D eigenvalue weighted by atomic mass is 19.1. The number of carbonyl (C=O) groups is 1. The molecule has 2 fully saturated rings. The zero-order valence-corrected chi connectivity index (χ0v) is 10.1. The molecule has 0 unspecified atom stereocenters. The number of piperazine rings is 1. The van der Waals surface area contributed by atoms with E-state index in [0.29, 0.717) is 17.9 Å². The number of hydrogen-bond donors (Lipinski definition) is 1. The SMILES string of the molecule is COc1cccc(F)c1CN1C[C@@H]2C[C@H]1C(=O)N2. The van der Waals surface area contributed by atoms with Gasteiger partial charge in [-0.25, -0.2) is 4.39 Å². The lowest BCUT2D eigenvalue weighted by Crippen LogP contribution is -2.47. The predicted molar refractivity (Wildman–Crippen MR) is 63.7 cm³/mol. The number of halogens is 1. The second-order valence-electron chi connectivity index (χ2n) is 4.81. The van der Waals surface area contributed by atoms with Crippen molar-refractivity contribution in [1.29, 1.82) is 0 Å². The minimum atomic E-state index is -0.280. The highest BCUT2D eigenvalue weighted by Gasteiger charge is 2.44. The first-order valence-corrected chi connectivity index (χ1v) is 6.05. The fourth-order valence-corrected chi connectivity index (χ4v) is 2.84. The largest absolute Gasteiger partial charge is 0.496 e. The first kappa shape index (κ1) is 11.5. The topological polar surface area (TPSA) is 41.6 Å². The quantitative estimate of drug-likeness (QED) is 0.867. The number of nitrogens with zero attached hydrogens (tertiary/aromatic N) is 1. The Labute approximate surface area is 105 Å². The number of rotatable bonds is 3. The summed E-state index contributed by atoms with van der Waals surface area (Å²) in [6, 6.07) is 4.90. The molecule has 1 aromatic rings. The molecule has 2 aliphatic rings. The summed E-state index contributed by atoms with van der Waals surface area (Å²) in [7, 11) is 1.53. The van der Waals surface area contributed by atoms with Crippen LogP contribution in [0.4, 0.5) is 4.39 Å². The van der Waals surface area contributed by atoms with Gasteiger partial charge in [0, 0.05) is 24.7 Å². The van der Waals surface area contributed by atoms with Crippen LogP contribution in [-0.4, -0.2) is 36.5 Å². The Morgan fingerprint density at radius 3 is 3.06 bits per heavy atom. The molecule has 2 bridgehead atoms. The number of benzene rings is 1. The third-order valence-corrected chi connectivity index (χ3v) is 3.71. The number of carbonyl (C=O) groups excluding carboxylic acids is 1. The fourth-order valence-electron chi connectivity index (χ4n) is 2.84. The van der Waals surface area contributed by atoms with Crippen molar-refractivity contribution in [3.63, 3.8) is 0 Å². The van der Waals surface area contributed by atoms with E-state index in [2.05, 4.69) is 5.32 Å². The maximum atomic E-state index is 13.8. The molecule has 0 radical (unpaired) electrons. The van der Waals surface area contributed by atoms with Gasteiger partial charge < -0.3 is 10.1 Å². The summed E-state index contributed by atoms with van der Waals surface area (Å²) in [5, 5.41) is 2.91. The molecule has 2 saturated heterocycles. The highest BCUT2D eigenvalue weighted by molar-refractivity contribution is 5.85. The lowest BCUT2D eigenvalue weighted by Gasteiger charge is -2.27. The van der Waals surface area contributed by atoms with Gasteiger partial charge in [-0.2, -0.15) is 0 Å². The number of fused-ring (bicyclic) bond motifs is 2. The Balaban J connectivity index is 1.83. The first-order chi connectivity index (χ1) is 8.69. The Kier molecular flexibility index (Phi) is 2.70. The molecule has 3 rings (SSSR count). The Morgan fingerprint density at radius 2 is 2.39 bits per heavy atom. The van der Waals surface area contributed by atoms with Gasteiger partial charge in [-0.15, -0.1) is 0 Å². The molecular weight excluding hydrogens is 235 g/mol. The van der Waals surface area contributed by atoms with Crippen molar-refractivity contribution in [3.05, 3.63) is 29.6 Å². The average molecular weight is 250 g/mol. The van der Waals surface area contributed by atoms with E-state index in [9.17, 15) is 9.18 Å². The van der Waals surface area contributed by atoms with Crippen molar-refractivity contribution >= 4 is 5.91 Å². The van der Waals surface area contributed by atoms with E-state index in [-0.39, 0.29) is 23.8 Å². The van der Waals surface area contributed by atoms with Gasteiger partial charge in [0.2, 0.25) is 5.91 Å². The maximum absolute atomic E-state index is 13.8. The number of ether oxygens (including phenoxy) is 1. The van der Waals surface area contributed by atoms with Crippen LogP contribution >= 0.6 is 0 Å². The van der Waals surface area contributed by atoms with Crippen molar-refractivity contribution in [1.82, 2.24) is 10.2 Å². The molecule has 0 saturated carbocycles. The van der Waals surface area contributed by atoms with Gasteiger partial charge in [0.1, 0.15) is 11.6 Å². The molecule has 1 N–H and O–H groups in total. The number of amides is 1. The average Bonchev–Trinajstić information content (AvgIpc) is 2.90. The van der Waals surface area contributed by atoms with E-state index >= 15 is 0 Å². The van der Waals surface area contributed by atoms with E-state index < -0.39 is 0 Å². The summed E-state index contributed by atoms with van der Waals surface area (Å²) >= 11 is 0. The van der Waals surface area contributed by atoms with Gasteiger partial charge in [-0.1, -0.05) is 6.07 Å². The molecule has 5 heteroatoms. The van der Waals surface area contributed by atoms with Gasteiger partial charge in [-0.05, 0) is 18.6 Å². The van der Waals surface area contributed by atoms with Crippen molar-refractivity contribution < 1.29 is 13.9 Å². The van der Waals surface area contributed by atoms with Gasteiger partial charge in [0.15, 0.2) is 0 Å². The first-order valence-electron chi connectivity index (χ1n) is 6.05. The molecular formula is C13H15FN2O2. The van der Waals surface area contributed by atoms with Crippen LogP contribution < -0.4 is 10.1 Å². The van der Waals surface area contributed by atoms with Crippen LogP contribution in [0.1, 0.15) is 12.0 Å². The summed E-state index contributed by atoms with van der Waals surface area (Å²) in [6.45, 7) is 1.21. The number of nitrogens with one attached hydrogen (secondary N) is 1. The van der Waals surface area contributed by atoms with E-state index in [0.717, 1.165) is 13.0 Å². The molecule has 1 aromatic carbocycles. The number of likely N-dealkylation sites (tertiary alicyclic amines) is 1. The Hall–Kier alpha value is -1.62. The third-order valence-electron chi connectivity index (χ3n) is 3.71. The molecule has 2 atom stereocenters. The van der Waals surface area contributed by atoms with E-state index in [1.807, 2.05) is 4.90 Å². The Bertz CT molecular complexity index is 492. The summed E-state index contributed by atoms with van der Waals surface area (Å²) in [5.41, 5.74) is 0.528. The van der Waals surface area contributed by atoms with Crippen LogP contribution in [-0.2, 0) is 11.3 Å². The van der Waals surface area contributed by atoms with Gasteiger partial charge in [0.05, 0.1) is 13.2 Å². The normalized spacial score (nSPS) is 26.4. The van der Waals surface area contributed by atoms with E-state index in [1.165, 1.54) is 13.2 Å². The van der Waals surface area contributed by atoms with E-state index in [4.69, 9.17) is 4.74 Å². The van der Waals surface area contributed by atoms with Crippen LogP contribution in [0.15, 0.2) is 18.2 Å². The fraction of sp³-hybridized carbons (Fsp3) is 0.462. The molecule has 18 heavy (non-hydrogen) atoms. The predicted octanol–water partition coefficient (Wildman–Crippen LogP) is 0.907. The lowest BCUT2D eigenvalue weighted by atomic mass is 10.1. The van der Waals surface area contributed by atoms with Crippen LogP contribution in [0.5, 0.6) is 5.75 Å². The Morgan fingerprint density at radius 1 is 1.56 bits per heavy atom. The van der Waals surface area contributed by atoms with Crippen molar-refractivity contribution in [2.45, 2.75) is 25.0 Å². The zero-order chi connectivity index (χ0) is 12.7. The number of methoxy groups -OCH3 is 1. The molecule has 96 valence electrons. The molecule has 0 spiro atoms. The van der Waals surface area contributed by atoms with Gasteiger partial charge >= 0.3 is 0 Å². The molecule has 1 amide bonds. The van der Waals surface area contributed by atoms with E-state index in [1.54, 1.807) is 12.1 Å². The second-order valence-corrected chi connectivity index (χ2v) is 4.81. The molecule has 0 aromatic heterocycles. The summed E-state index contributed by atoms with van der Waals surface area (Å²) in [5.74, 6) is 0.317. The summed E-state index contributed by atoms with van der Waals surface area (Å²) in [4.78, 5) is 13.6. The monoisotopic (exact) mass is 250 g/mol. The lowest BCUT2D eigenvalue weighted by molar-refractivity contribution is -0.125. The second kappa shape index (κ2) is 4.24. The smallest absolute Gasteiger partial charge is 0.237 e. The van der Waals surface area contributed by atoms with Crippen molar-refractivity contribution in [2.24, 2.45) is 0 Å². The molecule has 2 heterocycles.